The van der Waals surface area contributed by atoms with Crippen molar-refractivity contribution in [2.24, 2.45) is 0 Å². The van der Waals surface area contributed by atoms with Gasteiger partial charge in [0.15, 0.2) is 0 Å². The van der Waals surface area contributed by atoms with Crippen molar-refractivity contribution in [1.29, 1.82) is 0 Å². The van der Waals surface area contributed by atoms with Crippen LogP contribution in [0.3, 0.4) is 0 Å². The van der Waals surface area contributed by atoms with Crippen molar-refractivity contribution in [2.75, 3.05) is 0 Å². The Balaban J connectivity index is 3.52. The Labute approximate surface area is 63.6 Å². The van der Waals surface area contributed by atoms with Gasteiger partial charge in [-0.05, 0) is 12.8 Å². The molecular weight excluding hydrogens is 181 g/mol. The maximum atomic E-state index is 11.4. The van der Waals surface area contributed by atoms with Crippen LogP contribution in [0.25, 0.3) is 0 Å². The molecule has 0 atom stereocenters. The second-order valence-corrected chi connectivity index (χ2v) is 2.61. The molecule has 0 aliphatic carbocycles. The minimum absolute atomic E-state index is 0.171. The molecule has 0 unspecified atom stereocenters. The lowest BCUT2D eigenvalue weighted by Gasteiger charge is -2.01. The van der Waals surface area contributed by atoms with Crippen molar-refractivity contribution in [3.05, 3.63) is 0 Å². The van der Waals surface area contributed by atoms with Gasteiger partial charge in [0.1, 0.15) is 0 Å². The van der Waals surface area contributed by atoms with Crippen molar-refractivity contribution >= 4 is 15.7 Å². The van der Waals surface area contributed by atoms with Crippen LogP contribution in [0.5, 0.6) is 0 Å². The minimum Gasteiger partial charge on any atom is -0.184 e. The van der Waals surface area contributed by atoms with E-state index in [1.54, 1.807) is 0 Å². The van der Waals surface area contributed by atoms with Crippen molar-refractivity contribution in [3.63, 3.8) is 0 Å². The fraction of sp³-hybridized carbons (Fsp3) is 0.800. The van der Waals surface area contributed by atoms with Crippen molar-refractivity contribution in [1.82, 2.24) is 0 Å². The van der Waals surface area contributed by atoms with Gasteiger partial charge in [0.05, 0.1) is 5.37 Å². The van der Waals surface area contributed by atoms with Gasteiger partial charge in [-0.15, -0.1) is 0 Å². The molecule has 0 amide bonds. The van der Waals surface area contributed by atoms with E-state index in [2.05, 4.69) is 0 Å². The Morgan fingerprint density at radius 3 is 2.18 bits per heavy atom. The van der Waals surface area contributed by atoms with Gasteiger partial charge in [0, 0.05) is 6.42 Å². The molecule has 0 saturated heterocycles. The van der Waals surface area contributed by atoms with Gasteiger partial charge < -0.3 is 0 Å². The average molecular weight is 187 g/mol. The average Bonchev–Trinajstić information content (AvgIpc) is 1.78. The van der Waals surface area contributed by atoms with Crippen LogP contribution in [0.4, 0.5) is 13.2 Å². The molecule has 0 saturated carbocycles. The zero-order valence-electron chi connectivity index (χ0n) is 5.48. The molecule has 0 aliphatic heterocycles. The molecule has 0 bridgehead atoms. The van der Waals surface area contributed by atoms with Crippen LogP contribution in [0.1, 0.15) is 19.3 Å². The van der Waals surface area contributed by atoms with E-state index >= 15 is 0 Å². The van der Waals surface area contributed by atoms with Gasteiger partial charge in [-0.3, -0.25) is 0 Å². The fourth-order valence-electron chi connectivity index (χ4n) is 0.444. The minimum atomic E-state index is -4.20. The first-order valence-electron chi connectivity index (χ1n) is 2.81. The molecular formula is C5H6F3O2S. The highest BCUT2D eigenvalue weighted by atomic mass is 32.2. The molecule has 0 aromatic heterocycles. The summed E-state index contributed by atoms with van der Waals surface area (Å²) in [6, 6.07) is 0. The first kappa shape index (κ1) is 10.5. The number of hydrogen-bond donors (Lipinski definition) is 0. The molecule has 0 aromatic rings. The molecule has 0 spiro atoms. The van der Waals surface area contributed by atoms with E-state index in [0.717, 1.165) is 0 Å². The SMILES string of the molecule is O=S(=O)=[C]CCCC(F)(F)F. The van der Waals surface area contributed by atoms with Gasteiger partial charge >= 0.3 is 6.18 Å². The summed E-state index contributed by atoms with van der Waals surface area (Å²) >= 11 is 0. The third kappa shape index (κ3) is 9.48. The van der Waals surface area contributed by atoms with E-state index in [1.165, 1.54) is 0 Å². The molecule has 1 radical (unpaired) electrons. The smallest absolute Gasteiger partial charge is 0.184 e. The second kappa shape index (κ2) is 4.38. The third-order valence-electron chi connectivity index (χ3n) is 0.857. The van der Waals surface area contributed by atoms with E-state index in [1.807, 2.05) is 5.37 Å². The van der Waals surface area contributed by atoms with Crippen LogP contribution in [-0.4, -0.2) is 20.0 Å². The number of hydrogen-bond acceptors (Lipinski definition) is 2. The highest BCUT2D eigenvalue weighted by Gasteiger charge is 2.25. The van der Waals surface area contributed by atoms with Gasteiger partial charge in [0.25, 0.3) is 0 Å². The largest absolute Gasteiger partial charge is 0.389 e. The third-order valence-corrected chi connectivity index (χ3v) is 1.30. The Kier molecular flexibility index (Phi) is 4.17. The monoisotopic (exact) mass is 187 g/mol. The summed E-state index contributed by atoms with van der Waals surface area (Å²) in [6.07, 6.45) is -5.56. The Morgan fingerprint density at radius 1 is 1.27 bits per heavy atom. The van der Waals surface area contributed by atoms with Crippen molar-refractivity contribution in [3.8, 4) is 0 Å². The summed E-state index contributed by atoms with van der Waals surface area (Å²) in [4.78, 5) is 0. The van der Waals surface area contributed by atoms with Crippen LogP contribution < -0.4 is 0 Å². The molecule has 0 heterocycles. The molecule has 0 aliphatic rings. The number of rotatable bonds is 3. The molecule has 0 fully saturated rings. The Morgan fingerprint density at radius 2 is 1.82 bits per heavy atom. The molecule has 0 rings (SSSR count). The maximum absolute atomic E-state index is 11.4. The summed E-state index contributed by atoms with van der Waals surface area (Å²) in [7, 11) is -2.46. The van der Waals surface area contributed by atoms with Gasteiger partial charge in [-0.25, -0.2) is 0 Å². The molecule has 6 heteroatoms. The maximum Gasteiger partial charge on any atom is 0.389 e. The van der Waals surface area contributed by atoms with E-state index in [4.69, 9.17) is 0 Å². The lowest BCUT2D eigenvalue weighted by molar-refractivity contribution is -0.135. The number of alkyl halides is 3. The molecule has 2 nitrogen and oxygen atoms in total. The lowest BCUT2D eigenvalue weighted by Crippen LogP contribution is -2.06. The molecule has 0 aromatic carbocycles. The summed E-state index contributed by atoms with van der Waals surface area (Å²) < 4.78 is 53.7. The molecule has 65 valence electrons. The van der Waals surface area contributed by atoms with Gasteiger partial charge in [-0.1, -0.05) is 0 Å². The zero-order chi connectivity index (χ0) is 8.91. The summed E-state index contributed by atoms with van der Waals surface area (Å²) in [5.74, 6) is 0. The van der Waals surface area contributed by atoms with Gasteiger partial charge in [-0.2, -0.15) is 21.6 Å². The summed E-state index contributed by atoms with van der Waals surface area (Å²) in [5, 5.41) is 1.83. The van der Waals surface area contributed by atoms with Gasteiger partial charge in [0.2, 0.25) is 10.3 Å². The van der Waals surface area contributed by atoms with Crippen LogP contribution >= 0.6 is 0 Å². The number of halogens is 3. The van der Waals surface area contributed by atoms with Crippen LogP contribution in [-0.2, 0) is 10.3 Å². The topological polar surface area (TPSA) is 34.1 Å². The van der Waals surface area contributed by atoms with E-state index in [9.17, 15) is 21.6 Å². The predicted molar refractivity (Wildman–Crippen MR) is 33.8 cm³/mol. The lowest BCUT2D eigenvalue weighted by atomic mass is 10.2. The van der Waals surface area contributed by atoms with E-state index in [-0.39, 0.29) is 12.8 Å². The molecule has 11 heavy (non-hydrogen) atoms. The highest BCUT2D eigenvalue weighted by molar-refractivity contribution is 7.71. The van der Waals surface area contributed by atoms with Crippen LogP contribution in [0, 0.1) is 0 Å². The van der Waals surface area contributed by atoms with Crippen LogP contribution in [0.2, 0.25) is 0 Å². The quantitative estimate of drug-likeness (QED) is 0.492. The zero-order valence-corrected chi connectivity index (χ0v) is 6.30. The predicted octanol–water partition coefficient (Wildman–Crippen LogP) is 1.28. The van der Waals surface area contributed by atoms with E-state index in [0.29, 0.717) is 0 Å². The fourth-order valence-corrected chi connectivity index (χ4v) is 0.755. The van der Waals surface area contributed by atoms with Crippen molar-refractivity contribution < 1.29 is 21.6 Å². The normalized spacial score (nSPS) is 11.2. The molecule has 0 N–H and O–H groups in total. The standard InChI is InChI=1S/C5H6F3O2S/c6-5(7,8)3-1-2-4-11(9)10/h1-3H2. The van der Waals surface area contributed by atoms with E-state index < -0.39 is 22.9 Å². The summed E-state index contributed by atoms with van der Waals surface area (Å²) in [6.45, 7) is 0. The summed E-state index contributed by atoms with van der Waals surface area (Å²) in [5.41, 5.74) is 0. The van der Waals surface area contributed by atoms with Crippen molar-refractivity contribution in [2.45, 2.75) is 25.4 Å². The Bertz CT molecular complexity index is 219. The Hall–Kier alpha value is -0.520. The first-order chi connectivity index (χ1) is 4.92. The second-order valence-electron chi connectivity index (χ2n) is 1.85. The number of unbranched alkanes of at least 4 members (excludes halogenated alkanes) is 1. The highest BCUT2D eigenvalue weighted by Crippen LogP contribution is 2.21. The first-order valence-corrected chi connectivity index (χ1v) is 3.89. The van der Waals surface area contributed by atoms with Crippen LogP contribution in [0.15, 0.2) is 0 Å².